The highest BCUT2D eigenvalue weighted by Gasteiger charge is 2.25. The molecular formula is C24H21N. The van der Waals surface area contributed by atoms with E-state index < -0.39 is 0 Å². The standard InChI is InChI=1S/C24H21N/c1-3-9-20(10-4-1)15-16-24-23-14-8-7-13-22(23)17-18-25(24)19-21-11-5-2-6-12-21/h1-14,24H,17-19H2. The van der Waals surface area contributed by atoms with Gasteiger partial charge in [-0.15, -0.1) is 0 Å². The maximum absolute atomic E-state index is 3.54. The van der Waals surface area contributed by atoms with Crippen LogP contribution in [0.4, 0.5) is 0 Å². The summed E-state index contributed by atoms with van der Waals surface area (Å²) in [6, 6.07) is 29.8. The smallest absolute Gasteiger partial charge is 0.0980 e. The Bertz CT molecular complexity index is 887. The second-order valence-electron chi connectivity index (χ2n) is 6.44. The zero-order valence-electron chi connectivity index (χ0n) is 14.2. The molecule has 0 bridgehead atoms. The van der Waals surface area contributed by atoms with E-state index in [4.69, 9.17) is 0 Å². The molecule has 0 aliphatic carbocycles. The Morgan fingerprint density at radius 3 is 2.28 bits per heavy atom. The first-order chi connectivity index (χ1) is 12.4. The molecule has 3 aromatic carbocycles. The van der Waals surface area contributed by atoms with E-state index in [2.05, 4.69) is 83.5 Å². The van der Waals surface area contributed by atoms with Gasteiger partial charge in [0.15, 0.2) is 0 Å². The third-order valence-electron chi connectivity index (χ3n) is 4.74. The van der Waals surface area contributed by atoms with Crippen molar-refractivity contribution in [2.45, 2.75) is 19.0 Å². The van der Waals surface area contributed by atoms with Gasteiger partial charge in [-0.1, -0.05) is 84.6 Å². The Kier molecular flexibility index (Phi) is 4.63. The summed E-state index contributed by atoms with van der Waals surface area (Å²) >= 11 is 0. The quantitative estimate of drug-likeness (QED) is 0.610. The van der Waals surface area contributed by atoms with Crippen molar-refractivity contribution in [2.24, 2.45) is 0 Å². The predicted octanol–water partition coefficient (Wildman–Crippen LogP) is 4.84. The van der Waals surface area contributed by atoms with Crippen LogP contribution in [0.5, 0.6) is 0 Å². The van der Waals surface area contributed by atoms with Crippen LogP contribution >= 0.6 is 0 Å². The molecule has 0 saturated carbocycles. The molecule has 0 amide bonds. The van der Waals surface area contributed by atoms with Gasteiger partial charge < -0.3 is 0 Å². The Balaban J connectivity index is 1.67. The monoisotopic (exact) mass is 323 g/mol. The number of hydrogen-bond donors (Lipinski definition) is 0. The molecule has 0 spiro atoms. The van der Waals surface area contributed by atoms with Gasteiger partial charge in [-0.3, -0.25) is 4.90 Å². The first kappa shape index (κ1) is 15.7. The van der Waals surface area contributed by atoms with Crippen LogP contribution in [0.25, 0.3) is 0 Å². The van der Waals surface area contributed by atoms with Gasteiger partial charge in [0.2, 0.25) is 0 Å². The highest BCUT2D eigenvalue weighted by molar-refractivity contribution is 5.41. The minimum atomic E-state index is 0.144. The maximum Gasteiger partial charge on any atom is 0.0980 e. The van der Waals surface area contributed by atoms with Crippen LogP contribution in [0.1, 0.15) is 28.3 Å². The average molecular weight is 323 g/mol. The van der Waals surface area contributed by atoms with E-state index in [0.717, 1.165) is 25.1 Å². The van der Waals surface area contributed by atoms with Crippen molar-refractivity contribution in [3.63, 3.8) is 0 Å². The molecule has 1 unspecified atom stereocenters. The lowest BCUT2D eigenvalue weighted by atomic mass is 9.92. The molecule has 1 aliphatic heterocycles. The van der Waals surface area contributed by atoms with Gasteiger partial charge in [0.25, 0.3) is 0 Å². The van der Waals surface area contributed by atoms with E-state index in [1.54, 1.807) is 0 Å². The molecule has 1 heterocycles. The predicted molar refractivity (Wildman–Crippen MR) is 103 cm³/mol. The molecule has 1 atom stereocenters. The fourth-order valence-electron chi connectivity index (χ4n) is 3.45. The van der Waals surface area contributed by atoms with Crippen molar-refractivity contribution in [2.75, 3.05) is 6.54 Å². The number of fused-ring (bicyclic) bond motifs is 1. The normalized spacial score (nSPS) is 16.6. The molecule has 4 rings (SSSR count). The Hall–Kier alpha value is -2.82. The van der Waals surface area contributed by atoms with Crippen LogP contribution in [0.3, 0.4) is 0 Å². The van der Waals surface area contributed by atoms with E-state index >= 15 is 0 Å². The van der Waals surface area contributed by atoms with Gasteiger partial charge >= 0.3 is 0 Å². The van der Waals surface area contributed by atoms with E-state index in [1.165, 1.54) is 16.7 Å². The lowest BCUT2D eigenvalue weighted by molar-refractivity contribution is 0.217. The van der Waals surface area contributed by atoms with Crippen LogP contribution in [0.15, 0.2) is 84.9 Å². The molecular weight excluding hydrogens is 302 g/mol. The zero-order valence-corrected chi connectivity index (χ0v) is 14.2. The fraction of sp³-hybridized carbons (Fsp3) is 0.167. The second kappa shape index (κ2) is 7.38. The van der Waals surface area contributed by atoms with Crippen LogP contribution in [0, 0.1) is 11.8 Å². The van der Waals surface area contributed by atoms with Crippen molar-refractivity contribution in [3.05, 3.63) is 107 Å². The van der Waals surface area contributed by atoms with Crippen molar-refractivity contribution in [1.29, 1.82) is 0 Å². The molecule has 0 fully saturated rings. The summed E-state index contributed by atoms with van der Waals surface area (Å²) in [4.78, 5) is 2.49. The molecule has 1 aliphatic rings. The molecule has 1 nitrogen and oxygen atoms in total. The van der Waals surface area contributed by atoms with Gasteiger partial charge in [0.1, 0.15) is 0 Å². The highest BCUT2D eigenvalue weighted by atomic mass is 15.2. The largest absolute Gasteiger partial charge is 0.281 e. The number of hydrogen-bond acceptors (Lipinski definition) is 1. The maximum atomic E-state index is 3.54. The van der Waals surface area contributed by atoms with Gasteiger partial charge in [0, 0.05) is 18.7 Å². The third-order valence-corrected chi connectivity index (χ3v) is 4.74. The number of benzene rings is 3. The molecule has 0 radical (unpaired) electrons. The molecule has 0 aromatic heterocycles. The SMILES string of the molecule is C(#CC1c2ccccc2CCN1Cc1ccccc1)c1ccccc1. The first-order valence-corrected chi connectivity index (χ1v) is 8.82. The zero-order chi connectivity index (χ0) is 16.9. The number of rotatable bonds is 2. The van der Waals surface area contributed by atoms with Crippen LogP contribution in [-0.2, 0) is 13.0 Å². The Morgan fingerprint density at radius 2 is 1.48 bits per heavy atom. The second-order valence-corrected chi connectivity index (χ2v) is 6.44. The first-order valence-electron chi connectivity index (χ1n) is 8.82. The molecule has 122 valence electrons. The summed E-state index contributed by atoms with van der Waals surface area (Å²) in [5.41, 5.74) is 5.20. The Labute approximate surface area is 149 Å². The van der Waals surface area contributed by atoms with Crippen molar-refractivity contribution in [3.8, 4) is 11.8 Å². The summed E-state index contributed by atoms with van der Waals surface area (Å²) < 4.78 is 0. The molecule has 1 heteroatoms. The molecule has 0 N–H and O–H groups in total. The highest BCUT2D eigenvalue weighted by Crippen LogP contribution is 2.30. The van der Waals surface area contributed by atoms with Gasteiger partial charge in [0.05, 0.1) is 6.04 Å². The van der Waals surface area contributed by atoms with E-state index in [0.29, 0.717) is 0 Å². The van der Waals surface area contributed by atoms with Crippen LogP contribution in [0.2, 0.25) is 0 Å². The van der Waals surface area contributed by atoms with Gasteiger partial charge in [-0.2, -0.15) is 0 Å². The van der Waals surface area contributed by atoms with Crippen LogP contribution in [-0.4, -0.2) is 11.4 Å². The minimum Gasteiger partial charge on any atom is -0.281 e. The molecule has 0 saturated heterocycles. The topological polar surface area (TPSA) is 3.24 Å². The van der Waals surface area contributed by atoms with Crippen LogP contribution < -0.4 is 0 Å². The summed E-state index contributed by atoms with van der Waals surface area (Å²) in [7, 11) is 0. The summed E-state index contributed by atoms with van der Waals surface area (Å²) in [5.74, 6) is 6.92. The fourth-order valence-corrected chi connectivity index (χ4v) is 3.45. The van der Waals surface area contributed by atoms with E-state index in [-0.39, 0.29) is 6.04 Å². The van der Waals surface area contributed by atoms with E-state index in [9.17, 15) is 0 Å². The van der Waals surface area contributed by atoms with Crippen molar-refractivity contribution >= 4 is 0 Å². The van der Waals surface area contributed by atoms with E-state index in [1.807, 2.05) is 18.2 Å². The third kappa shape index (κ3) is 3.65. The number of nitrogens with zero attached hydrogens (tertiary/aromatic N) is 1. The lowest BCUT2D eigenvalue weighted by Crippen LogP contribution is -2.34. The van der Waals surface area contributed by atoms with Gasteiger partial charge in [-0.05, 0) is 35.2 Å². The Morgan fingerprint density at radius 1 is 0.800 bits per heavy atom. The molecule has 3 aromatic rings. The van der Waals surface area contributed by atoms with Crippen molar-refractivity contribution < 1.29 is 0 Å². The lowest BCUT2D eigenvalue weighted by Gasteiger charge is -2.34. The van der Waals surface area contributed by atoms with Crippen molar-refractivity contribution in [1.82, 2.24) is 4.90 Å². The summed E-state index contributed by atoms with van der Waals surface area (Å²) in [6.45, 7) is 1.98. The molecule has 25 heavy (non-hydrogen) atoms. The summed E-state index contributed by atoms with van der Waals surface area (Å²) in [6.07, 6.45) is 1.09. The van der Waals surface area contributed by atoms with Gasteiger partial charge in [-0.25, -0.2) is 0 Å². The minimum absolute atomic E-state index is 0.144. The average Bonchev–Trinajstić information content (AvgIpc) is 2.68. The summed E-state index contributed by atoms with van der Waals surface area (Å²) in [5, 5.41) is 0.